The molecule has 0 aliphatic carbocycles. The zero-order valence-electron chi connectivity index (χ0n) is 10.2. The maximum atomic E-state index is 4.00. The highest BCUT2D eigenvalue weighted by Crippen LogP contribution is 2.04. The van der Waals surface area contributed by atoms with Gasteiger partial charge >= 0.3 is 0 Å². The van der Waals surface area contributed by atoms with Gasteiger partial charge in [-0.2, -0.15) is 0 Å². The quantitative estimate of drug-likeness (QED) is 0.586. The number of hydrogen-bond acceptors (Lipinski definition) is 2. The Balaban J connectivity index is 3.23. The van der Waals surface area contributed by atoms with Crippen molar-refractivity contribution in [3.63, 3.8) is 0 Å². The third kappa shape index (κ3) is 9.59. The van der Waals surface area contributed by atoms with Crippen LogP contribution in [0.2, 0.25) is 0 Å². The average molecular weight is 198 g/mol. The van der Waals surface area contributed by atoms with Gasteiger partial charge in [0.15, 0.2) is 0 Å². The molecule has 0 bridgehead atoms. The lowest BCUT2D eigenvalue weighted by Gasteiger charge is -2.12. The van der Waals surface area contributed by atoms with Crippen LogP contribution in [0.5, 0.6) is 0 Å². The summed E-state index contributed by atoms with van der Waals surface area (Å²) in [5, 5.41) is 6.74. The van der Waals surface area contributed by atoms with Crippen molar-refractivity contribution in [1.29, 1.82) is 0 Å². The molecule has 0 aromatic heterocycles. The van der Waals surface area contributed by atoms with Crippen LogP contribution in [0.25, 0.3) is 0 Å². The Morgan fingerprint density at radius 2 is 1.79 bits per heavy atom. The second-order valence-corrected chi connectivity index (χ2v) is 4.59. The van der Waals surface area contributed by atoms with E-state index in [-0.39, 0.29) is 0 Å². The first-order chi connectivity index (χ1) is 6.52. The standard InChI is InChI=1S/C12H26N2/c1-10(2)9-12(5)14-8-6-7-13-11(3)4/h10-11,13-14H,5-9H2,1-4H3. The largest absolute Gasteiger partial charge is 0.389 e. The van der Waals surface area contributed by atoms with Crippen molar-refractivity contribution in [3.05, 3.63) is 12.3 Å². The molecule has 0 unspecified atom stereocenters. The number of allylic oxidation sites excluding steroid dienone is 1. The monoisotopic (exact) mass is 198 g/mol. The topological polar surface area (TPSA) is 24.1 Å². The molecule has 2 heteroatoms. The fourth-order valence-corrected chi connectivity index (χ4v) is 1.31. The van der Waals surface area contributed by atoms with Crippen molar-refractivity contribution >= 4 is 0 Å². The Morgan fingerprint density at radius 1 is 1.14 bits per heavy atom. The predicted molar refractivity (Wildman–Crippen MR) is 64.4 cm³/mol. The van der Waals surface area contributed by atoms with Gasteiger partial charge < -0.3 is 10.6 Å². The highest BCUT2D eigenvalue weighted by molar-refractivity contribution is 4.91. The molecule has 2 N–H and O–H groups in total. The van der Waals surface area contributed by atoms with Crippen LogP contribution in [0, 0.1) is 5.92 Å². The van der Waals surface area contributed by atoms with Gasteiger partial charge in [-0.3, -0.25) is 0 Å². The second-order valence-electron chi connectivity index (χ2n) is 4.59. The Bertz CT molecular complexity index is 150. The van der Waals surface area contributed by atoms with E-state index in [9.17, 15) is 0 Å². The van der Waals surface area contributed by atoms with Crippen LogP contribution < -0.4 is 10.6 Å². The average Bonchev–Trinajstić information content (AvgIpc) is 2.01. The van der Waals surface area contributed by atoms with Gasteiger partial charge in [0.1, 0.15) is 0 Å². The summed E-state index contributed by atoms with van der Waals surface area (Å²) in [6, 6.07) is 0.592. The summed E-state index contributed by atoms with van der Waals surface area (Å²) in [4.78, 5) is 0. The van der Waals surface area contributed by atoms with Crippen LogP contribution in [0.4, 0.5) is 0 Å². The highest BCUT2D eigenvalue weighted by Gasteiger charge is 1.97. The lowest BCUT2D eigenvalue weighted by molar-refractivity contribution is 0.548. The Hall–Kier alpha value is -0.500. The van der Waals surface area contributed by atoms with Gasteiger partial charge in [0, 0.05) is 18.3 Å². The minimum atomic E-state index is 0.592. The van der Waals surface area contributed by atoms with E-state index in [1.807, 2.05) is 0 Å². The Kier molecular flexibility index (Phi) is 7.58. The molecule has 0 atom stereocenters. The van der Waals surface area contributed by atoms with Crippen LogP contribution in [0.1, 0.15) is 40.5 Å². The first-order valence-corrected chi connectivity index (χ1v) is 5.67. The van der Waals surface area contributed by atoms with Crippen molar-refractivity contribution in [3.8, 4) is 0 Å². The van der Waals surface area contributed by atoms with Gasteiger partial charge in [-0.05, 0) is 25.3 Å². The molecule has 0 radical (unpaired) electrons. The summed E-state index contributed by atoms with van der Waals surface area (Å²) in [6.45, 7) is 14.9. The van der Waals surface area contributed by atoms with Gasteiger partial charge in [0.05, 0.1) is 0 Å². The van der Waals surface area contributed by atoms with E-state index in [1.54, 1.807) is 0 Å². The Labute approximate surface area is 89.2 Å². The van der Waals surface area contributed by atoms with E-state index in [4.69, 9.17) is 0 Å². The van der Waals surface area contributed by atoms with Gasteiger partial charge in [0.2, 0.25) is 0 Å². The molecule has 0 spiro atoms. The first kappa shape index (κ1) is 13.5. The first-order valence-electron chi connectivity index (χ1n) is 5.67. The summed E-state index contributed by atoms with van der Waals surface area (Å²) < 4.78 is 0. The fourth-order valence-electron chi connectivity index (χ4n) is 1.31. The maximum absolute atomic E-state index is 4.00. The third-order valence-corrected chi connectivity index (χ3v) is 1.94. The van der Waals surface area contributed by atoms with Crippen molar-refractivity contribution in [2.45, 2.75) is 46.6 Å². The van der Waals surface area contributed by atoms with E-state index < -0.39 is 0 Å². The molecule has 0 aliphatic heterocycles. The molecule has 0 aromatic carbocycles. The molecule has 0 saturated heterocycles. The number of rotatable bonds is 8. The van der Waals surface area contributed by atoms with E-state index in [0.717, 1.165) is 25.9 Å². The number of hydrogen-bond donors (Lipinski definition) is 2. The summed E-state index contributed by atoms with van der Waals surface area (Å²) in [7, 11) is 0. The molecule has 14 heavy (non-hydrogen) atoms. The molecule has 0 aliphatic rings. The van der Waals surface area contributed by atoms with Crippen LogP contribution in [-0.2, 0) is 0 Å². The third-order valence-electron chi connectivity index (χ3n) is 1.94. The van der Waals surface area contributed by atoms with Crippen molar-refractivity contribution in [1.82, 2.24) is 10.6 Å². The van der Waals surface area contributed by atoms with Gasteiger partial charge in [0.25, 0.3) is 0 Å². The minimum absolute atomic E-state index is 0.592. The lowest BCUT2D eigenvalue weighted by atomic mass is 10.1. The smallest absolute Gasteiger partial charge is 0.0155 e. The molecular formula is C12H26N2. The molecule has 0 aromatic rings. The van der Waals surface area contributed by atoms with Gasteiger partial charge in [-0.25, -0.2) is 0 Å². The fraction of sp³-hybridized carbons (Fsp3) is 0.833. The second kappa shape index (κ2) is 7.86. The highest BCUT2D eigenvalue weighted by atomic mass is 14.9. The molecule has 0 fully saturated rings. The summed E-state index contributed by atoms with van der Waals surface area (Å²) in [6.07, 6.45) is 2.24. The van der Waals surface area contributed by atoms with Crippen LogP contribution in [-0.4, -0.2) is 19.1 Å². The molecule has 0 rings (SSSR count). The normalized spacial score (nSPS) is 11.0. The summed E-state index contributed by atoms with van der Waals surface area (Å²) in [5.74, 6) is 0.698. The lowest BCUT2D eigenvalue weighted by Crippen LogP contribution is -2.26. The zero-order valence-corrected chi connectivity index (χ0v) is 10.2. The van der Waals surface area contributed by atoms with E-state index in [1.165, 1.54) is 5.70 Å². The molecule has 0 amide bonds. The maximum Gasteiger partial charge on any atom is 0.0155 e. The van der Waals surface area contributed by atoms with Crippen molar-refractivity contribution in [2.75, 3.05) is 13.1 Å². The van der Waals surface area contributed by atoms with Crippen LogP contribution in [0.3, 0.4) is 0 Å². The van der Waals surface area contributed by atoms with Crippen molar-refractivity contribution < 1.29 is 0 Å². The molecule has 84 valence electrons. The van der Waals surface area contributed by atoms with Crippen molar-refractivity contribution in [2.24, 2.45) is 5.92 Å². The minimum Gasteiger partial charge on any atom is -0.389 e. The molecular weight excluding hydrogens is 172 g/mol. The SMILES string of the molecule is C=C(CC(C)C)NCCCNC(C)C. The van der Waals surface area contributed by atoms with Crippen LogP contribution in [0.15, 0.2) is 12.3 Å². The van der Waals surface area contributed by atoms with Gasteiger partial charge in [-0.15, -0.1) is 0 Å². The summed E-state index contributed by atoms with van der Waals surface area (Å²) in [5.41, 5.74) is 1.17. The van der Waals surface area contributed by atoms with Gasteiger partial charge in [-0.1, -0.05) is 34.3 Å². The predicted octanol–water partition coefficient (Wildman–Crippen LogP) is 2.52. The van der Waals surface area contributed by atoms with E-state index >= 15 is 0 Å². The molecule has 2 nitrogen and oxygen atoms in total. The van der Waals surface area contributed by atoms with Crippen LogP contribution >= 0.6 is 0 Å². The molecule has 0 saturated carbocycles. The number of nitrogens with one attached hydrogen (secondary N) is 2. The summed E-state index contributed by atoms with van der Waals surface area (Å²) >= 11 is 0. The Morgan fingerprint density at radius 3 is 2.29 bits per heavy atom. The van der Waals surface area contributed by atoms with E-state index in [2.05, 4.69) is 44.9 Å². The van der Waals surface area contributed by atoms with E-state index in [0.29, 0.717) is 12.0 Å². The molecule has 0 heterocycles. The zero-order chi connectivity index (χ0) is 11.0.